The number of halogens is 1. The summed E-state index contributed by atoms with van der Waals surface area (Å²) in [5.74, 6) is 0.250. The van der Waals surface area contributed by atoms with Crippen LogP contribution >= 0.6 is 11.6 Å². The van der Waals surface area contributed by atoms with Crippen molar-refractivity contribution >= 4 is 27.3 Å². The molecule has 26 heavy (non-hydrogen) atoms. The van der Waals surface area contributed by atoms with Crippen molar-refractivity contribution in [3.8, 4) is 16.9 Å². The standard InChI is InChI=1S/C20H18ClNO3S/c1-14-12-19(25-2)20(13-18(14)21)26(23,24)22-17-10-8-16(9-11-17)15-6-4-3-5-7-15/h3-13,22H,1-2H3. The number of benzene rings is 3. The van der Waals surface area contributed by atoms with Gasteiger partial charge in [-0.3, -0.25) is 4.72 Å². The van der Waals surface area contributed by atoms with Crippen molar-refractivity contribution in [3.05, 3.63) is 77.3 Å². The first kappa shape index (κ1) is 18.3. The summed E-state index contributed by atoms with van der Waals surface area (Å²) in [5.41, 5.74) is 3.27. The number of aryl methyl sites for hydroxylation is 1. The van der Waals surface area contributed by atoms with Gasteiger partial charge in [0.2, 0.25) is 0 Å². The molecule has 1 N–H and O–H groups in total. The number of ether oxygens (including phenoxy) is 1. The van der Waals surface area contributed by atoms with Gasteiger partial charge in [0.05, 0.1) is 7.11 Å². The van der Waals surface area contributed by atoms with Crippen LogP contribution in [0.3, 0.4) is 0 Å². The third-order valence-corrected chi connectivity index (χ3v) is 5.79. The number of sulfonamides is 1. The normalized spacial score (nSPS) is 11.2. The summed E-state index contributed by atoms with van der Waals surface area (Å²) in [6.07, 6.45) is 0. The highest BCUT2D eigenvalue weighted by Crippen LogP contribution is 2.31. The van der Waals surface area contributed by atoms with E-state index < -0.39 is 10.0 Å². The van der Waals surface area contributed by atoms with Crippen LogP contribution in [0.1, 0.15) is 5.56 Å². The smallest absolute Gasteiger partial charge is 0.265 e. The van der Waals surface area contributed by atoms with Crippen molar-refractivity contribution in [1.82, 2.24) is 0 Å². The monoisotopic (exact) mass is 387 g/mol. The Balaban J connectivity index is 1.90. The molecule has 0 saturated carbocycles. The van der Waals surface area contributed by atoms with Gasteiger partial charge in [-0.15, -0.1) is 0 Å². The first-order valence-corrected chi connectivity index (χ1v) is 9.79. The van der Waals surface area contributed by atoms with Crippen LogP contribution in [0.4, 0.5) is 5.69 Å². The molecule has 0 aromatic heterocycles. The molecule has 0 aliphatic carbocycles. The molecule has 0 unspecified atom stereocenters. The first-order chi connectivity index (χ1) is 12.4. The number of hydrogen-bond acceptors (Lipinski definition) is 3. The highest BCUT2D eigenvalue weighted by Gasteiger charge is 2.21. The minimum absolute atomic E-state index is 0.00253. The molecule has 0 fully saturated rings. The van der Waals surface area contributed by atoms with Crippen molar-refractivity contribution in [2.24, 2.45) is 0 Å². The van der Waals surface area contributed by atoms with Crippen LogP contribution in [-0.2, 0) is 10.0 Å². The summed E-state index contributed by atoms with van der Waals surface area (Å²) in [6.45, 7) is 1.79. The fourth-order valence-electron chi connectivity index (χ4n) is 2.58. The van der Waals surface area contributed by atoms with E-state index in [9.17, 15) is 8.42 Å². The van der Waals surface area contributed by atoms with Crippen LogP contribution in [0, 0.1) is 6.92 Å². The lowest BCUT2D eigenvalue weighted by Crippen LogP contribution is -2.14. The largest absolute Gasteiger partial charge is 0.495 e. The van der Waals surface area contributed by atoms with Crippen LogP contribution in [0.25, 0.3) is 11.1 Å². The molecule has 3 aromatic carbocycles. The fraction of sp³-hybridized carbons (Fsp3) is 0.100. The van der Waals surface area contributed by atoms with Gasteiger partial charge in [0, 0.05) is 10.7 Å². The van der Waals surface area contributed by atoms with Crippen LogP contribution in [0.2, 0.25) is 5.02 Å². The zero-order valence-electron chi connectivity index (χ0n) is 14.4. The van der Waals surface area contributed by atoms with E-state index in [-0.39, 0.29) is 10.6 Å². The molecular weight excluding hydrogens is 370 g/mol. The molecule has 0 aliphatic heterocycles. The molecule has 4 nitrogen and oxygen atoms in total. The Morgan fingerprint density at radius 2 is 1.54 bits per heavy atom. The molecule has 0 aliphatic rings. The Morgan fingerprint density at radius 1 is 0.923 bits per heavy atom. The Hall–Kier alpha value is -2.50. The summed E-state index contributed by atoms with van der Waals surface area (Å²) in [7, 11) is -2.41. The summed E-state index contributed by atoms with van der Waals surface area (Å²) in [5, 5.41) is 0.366. The fourth-order valence-corrected chi connectivity index (χ4v) is 4.04. The number of anilines is 1. The Kier molecular flexibility index (Phi) is 5.20. The van der Waals surface area contributed by atoms with Gasteiger partial charge in [-0.05, 0) is 47.9 Å². The SMILES string of the molecule is COc1cc(C)c(Cl)cc1S(=O)(=O)Nc1ccc(-c2ccccc2)cc1. The predicted molar refractivity (Wildman–Crippen MR) is 105 cm³/mol. The second kappa shape index (κ2) is 7.40. The maximum absolute atomic E-state index is 12.7. The maximum Gasteiger partial charge on any atom is 0.265 e. The lowest BCUT2D eigenvalue weighted by molar-refractivity contribution is 0.402. The quantitative estimate of drug-likeness (QED) is 0.660. The highest BCUT2D eigenvalue weighted by molar-refractivity contribution is 7.92. The lowest BCUT2D eigenvalue weighted by atomic mass is 10.1. The third-order valence-electron chi connectivity index (χ3n) is 3.98. The molecule has 0 bridgehead atoms. The Bertz CT molecular complexity index is 1020. The van der Waals surface area contributed by atoms with E-state index in [0.29, 0.717) is 10.7 Å². The van der Waals surface area contributed by atoms with Crippen LogP contribution in [0.15, 0.2) is 71.6 Å². The molecular formula is C20H18ClNO3S. The molecule has 134 valence electrons. The minimum Gasteiger partial charge on any atom is -0.495 e. The van der Waals surface area contributed by atoms with Crippen molar-refractivity contribution in [2.45, 2.75) is 11.8 Å². The van der Waals surface area contributed by atoms with Gasteiger partial charge in [-0.1, -0.05) is 54.1 Å². The van der Waals surface area contributed by atoms with E-state index in [1.165, 1.54) is 13.2 Å². The molecule has 0 heterocycles. The van der Waals surface area contributed by atoms with Crippen molar-refractivity contribution in [1.29, 1.82) is 0 Å². The minimum atomic E-state index is -3.83. The van der Waals surface area contributed by atoms with E-state index >= 15 is 0 Å². The van der Waals surface area contributed by atoms with E-state index in [2.05, 4.69) is 4.72 Å². The molecule has 0 saturated heterocycles. The molecule has 0 spiro atoms. The summed E-state index contributed by atoms with van der Waals surface area (Å²) < 4.78 is 33.3. The van der Waals surface area contributed by atoms with Crippen molar-refractivity contribution < 1.29 is 13.2 Å². The summed E-state index contributed by atoms with van der Waals surface area (Å²) >= 11 is 6.09. The average molecular weight is 388 g/mol. The second-order valence-electron chi connectivity index (χ2n) is 5.80. The van der Waals surface area contributed by atoms with Gasteiger partial charge in [-0.2, -0.15) is 0 Å². The molecule has 0 atom stereocenters. The Labute approximate surface area is 158 Å². The predicted octanol–water partition coefficient (Wildman–Crippen LogP) is 5.12. The van der Waals surface area contributed by atoms with E-state index in [4.69, 9.17) is 16.3 Å². The number of rotatable bonds is 5. The number of methoxy groups -OCH3 is 1. The van der Waals surface area contributed by atoms with Gasteiger partial charge in [0.15, 0.2) is 0 Å². The summed E-state index contributed by atoms with van der Waals surface area (Å²) in [6, 6.07) is 20.1. The van der Waals surface area contributed by atoms with Gasteiger partial charge in [0.1, 0.15) is 10.6 Å². The van der Waals surface area contributed by atoms with Crippen LogP contribution < -0.4 is 9.46 Å². The molecule has 6 heteroatoms. The topological polar surface area (TPSA) is 55.4 Å². The van der Waals surface area contributed by atoms with Gasteiger partial charge < -0.3 is 4.74 Å². The molecule has 3 aromatic rings. The van der Waals surface area contributed by atoms with Gasteiger partial charge >= 0.3 is 0 Å². The van der Waals surface area contributed by atoms with Crippen molar-refractivity contribution in [3.63, 3.8) is 0 Å². The molecule has 0 radical (unpaired) electrons. The number of nitrogens with one attached hydrogen (secondary N) is 1. The lowest BCUT2D eigenvalue weighted by Gasteiger charge is -2.13. The maximum atomic E-state index is 12.7. The summed E-state index contributed by atoms with van der Waals surface area (Å²) in [4.78, 5) is 0.00253. The van der Waals surface area contributed by atoms with Gasteiger partial charge in [-0.25, -0.2) is 8.42 Å². The zero-order chi connectivity index (χ0) is 18.7. The van der Waals surface area contributed by atoms with Crippen LogP contribution in [-0.4, -0.2) is 15.5 Å². The van der Waals surface area contributed by atoms with E-state index in [1.807, 2.05) is 42.5 Å². The second-order valence-corrected chi connectivity index (χ2v) is 7.86. The average Bonchev–Trinajstić information content (AvgIpc) is 2.64. The first-order valence-electron chi connectivity index (χ1n) is 7.93. The van der Waals surface area contributed by atoms with Crippen molar-refractivity contribution in [2.75, 3.05) is 11.8 Å². The third kappa shape index (κ3) is 3.84. The molecule has 0 amide bonds. The van der Waals surface area contributed by atoms with Crippen LogP contribution in [0.5, 0.6) is 5.75 Å². The van der Waals surface area contributed by atoms with Gasteiger partial charge in [0.25, 0.3) is 10.0 Å². The zero-order valence-corrected chi connectivity index (χ0v) is 15.9. The number of hydrogen-bond donors (Lipinski definition) is 1. The molecule has 3 rings (SSSR count). The Morgan fingerprint density at radius 3 is 2.15 bits per heavy atom. The van der Waals surface area contributed by atoms with E-state index in [0.717, 1.165) is 16.7 Å². The highest BCUT2D eigenvalue weighted by atomic mass is 35.5. The van der Waals surface area contributed by atoms with E-state index in [1.54, 1.807) is 25.1 Å².